The Bertz CT molecular complexity index is 1150. The largest absolute Gasteiger partial charge is 0.573 e. The number of thiazole rings is 1. The Labute approximate surface area is 203 Å². The maximum absolute atomic E-state index is 14.4. The van der Waals surface area contributed by atoms with Crippen molar-refractivity contribution >= 4 is 17.3 Å². The van der Waals surface area contributed by atoms with Gasteiger partial charge in [0.25, 0.3) is 0 Å². The smallest absolute Gasteiger partial charge is 0.490 e. The molecule has 0 bridgehead atoms. The second-order valence-corrected chi connectivity index (χ2v) is 8.65. The molecule has 35 heavy (non-hydrogen) atoms. The lowest BCUT2D eigenvalue weighted by Gasteiger charge is -2.13. The molecule has 0 radical (unpaired) electrons. The van der Waals surface area contributed by atoms with Gasteiger partial charge in [-0.15, -0.1) is 24.5 Å². The first-order valence-electron chi connectivity index (χ1n) is 10.6. The maximum atomic E-state index is 14.4. The van der Waals surface area contributed by atoms with E-state index in [1.54, 1.807) is 13.0 Å². The molecule has 6 nitrogen and oxygen atoms in total. The number of aromatic nitrogens is 1. The molecule has 188 valence electrons. The van der Waals surface area contributed by atoms with Gasteiger partial charge in [0.1, 0.15) is 10.8 Å². The molecule has 0 aliphatic heterocycles. The van der Waals surface area contributed by atoms with Crippen LogP contribution in [0.3, 0.4) is 0 Å². The summed E-state index contributed by atoms with van der Waals surface area (Å²) in [5.41, 5.74) is 1.86. The van der Waals surface area contributed by atoms with Gasteiger partial charge in [-0.1, -0.05) is 6.07 Å². The van der Waals surface area contributed by atoms with Crippen molar-refractivity contribution in [2.45, 2.75) is 39.2 Å². The highest BCUT2D eigenvalue weighted by atomic mass is 32.1. The average molecular weight is 514 g/mol. The maximum Gasteiger partial charge on any atom is 0.573 e. The summed E-state index contributed by atoms with van der Waals surface area (Å²) >= 11 is 1.39. The zero-order valence-electron chi connectivity index (χ0n) is 18.9. The van der Waals surface area contributed by atoms with E-state index >= 15 is 0 Å². The lowest BCUT2D eigenvalue weighted by Crippen LogP contribution is -2.26. The van der Waals surface area contributed by atoms with Gasteiger partial charge in [-0.25, -0.2) is 14.2 Å². The Balaban J connectivity index is 1.58. The summed E-state index contributed by atoms with van der Waals surface area (Å²) < 4.78 is 66.0. The number of ether oxygens (including phenoxy) is 3. The predicted molar refractivity (Wildman–Crippen MR) is 121 cm³/mol. The van der Waals surface area contributed by atoms with Crippen molar-refractivity contribution in [2.24, 2.45) is 0 Å². The number of alkyl halides is 3. The Morgan fingerprint density at radius 1 is 1.17 bits per heavy atom. The third kappa shape index (κ3) is 7.66. The molecule has 1 N–H and O–H groups in total. The van der Waals surface area contributed by atoms with Gasteiger partial charge in [-0.2, -0.15) is 0 Å². The molecule has 0 saturated carbocycles. The number of halogens is 4. The molecule has 2 aromatic carbocycles. The summed E-state index contributed by atoms with van der Waals surface area (Å²) in [7, 11) is 0. The predicted octanol–water partition coefficient (Wildman–Crippen LogP) is 5.81. The lowest BCUT2D eigenvalue weighted by atomic mass is 10.1. The summed E-state index contributed by atoms with van der Waals surface area (Å²) in [4.78, 5) is 16.7. The number of aliphatic carboxylic acids is 1. The first kappa shape index (κ1) is 26.4. The van der Waals surface area contributed by atoms with Gasteiger partial charge < -0.3 is 19.3 Å². The Morgan fingerprint density at radius 3 is 2.49 bits per heavy atom. The summed E-state index contributed by atoms with van der Waals surface area (Å²) in [6, 6.07) is 9.70. The fraction of sp³-hybridized carbons (Fsp3) is 0.333. The van der Waals surface area contributed by atoms with Crippen molar-refractivity contribution in [2.75, 3.05) is 13.2 Å². The number of carbonyl (C=O) groups is 1. The SMILES string of the molecule is CCOC(Cc1ccc(OCCc2nc(-c3ccc(OC(F)(F)F)cc3)sc2C)c(F)c1)C(=O)O. The summed E-state index contributed by atoms with van der Waals surface area (Å²) in [6.45, 7) is 3.93. The van der Waals surface area contributed by atoms with Crippen LogP contribution in [0.5, 0.6) is 11.5 Å². The molecule has 3 rings (SSSR count). The van der Waals surface area contributed by atoms with Gasteiger partial charge >= 0.3 is 12.3 Å². The zero-order chi connectivity index (χ0) is 25.6. The Kier molecular flexibility index (Phi) is 8.68. The van der Waals surface area contributed by atoms with Gasteiger partial charge in [-0.05, 0) is 55.8 Å². The average Bonchev–Trinajstić information content (AvgIpc) is 3.14. The van der Waals surface area contributed by atoms with Gasteiger partial charge in [0, 0.05) is 29.9 Å². The lowest BCUT2D eigenvalue weighted by molar-refractivity contribution is -0.274. The van der Waals surface area contributed by atoms with Crippen molar-refractivity contribution in [3.05, 3.63) is 64.4 Å². The third-order valence-corrected chi connectivity index (χ3v) is 5.95. The topological polar surface area (TPSA) is 77.9 Å². The molecular formula is C24H23F4NO5S. The Hall–Kier alpha value is -3.18. The van der Waals surface area contributed by atoms with Crippen LogP contribution in [0.15, 0.2) is 42.5 Å². The second kappa shape index (κ2) is 11.5. The molecule has 0 aliphatic carbocycles. The van der Waals surface area contributed by atoms with Crippen LogP contribution in [0, 0.1) is 12.7 Å². The standard InChI is InChI=1S/C24H23F4NO5S/c1-3-32-21(23(30)31)13-15-4-9-20(18(25)12-15)33-11-10-19-14(2)35-22(29-19)16-5-7-17(8-6-16)34-24(26,27)28/h4-9,12,21H,3,10-11,13H2,1-2H3,(H,30,31). The fourth-order valence-corrected chi connectivity index (χ4v) is 4.23. The van der Waals surface area contributed by atoms with Crippen molar-refractivity contribution in [3.8, 4) is 22.1 Å². The minimum Gasteiger partial charge on any atom is -0.490 e. The first-order valence-corrected chi connectivity index (χ1v) is 11.5. The number of carboxylic acid groups (broad SMARTS) is 1. The monoisotopic (exact) mass is 513 g/mol. The highest BCUT2D eigenvalue weighted by Crippen LogP contribution is 2.31. The molecule has 0 aliphatic rings. The number of aryl methyl sites for hydroxylation is 1. The summed E-state index contributed by atoms with van der Waals surface area (Å²) in [5, 5.41) is 9.80. The van der Waals surface area contributed by atoms with Gasteiger partial charge in [0.2, 0.25) is 0 Å². The molecule has 11 heteroatoms. The highest BCUT2D eigenvalue weighted by Gasteiger charge is 2.31. The van der Waals surface area contributed by atoms with E-state index < -0.39 is 24.3 Å². The van der Waals surface area contributed by atoms with E-state index in [-0.39, 0.29) is 31.1 Å². The van der Waals surface area contributed by atoms with Gasteiger partial charge in [0.15, 0.2) is 17.7 Å². The molecule has 0 spiro atoms. The van der Waals surface area contributed by atoms with Crippen LogP contribution in [0.1, 0.15) is 23.1 Å². The van der Waals surface area contributed by atoms with Crippen molar-refractivity contribution in [1.82, 2.24) is 4.98 Å². The molecule has 1 atom stereocenters. The van der Waals surface area contributed by atoms with E-state index in [0.717, 1.165) is 10.6 Å². The number of hydrogen-bond acceptors (Lipinski definition) is 6. The highest BCUT2D eigenvalue weighted by molar-refractivity contribution is 7.15. The number of benzene rings is 2. The van der Waals surface area contributed by atoms with Crippen LogP contribution < -0.4 is 9.47 Å². The van der Waals surface area contributed by atoms with Crippen LogP contribution in [0.2, 0.25) is 0 Å². The molecule has 3 aromatic rings. The number of nitrogens with zero attached hydrogens (tertiary/aromatic N) is 1. The number of rotatable bonds is 11. The van der Waals surface area contributed by atoms with Gasteiger partial charge in [0.05, 0.1) is 12.3 Å². The number of hydrogen-bond donors (Lipinski definition) is 1. The van der Waals surface area contributed by atoms with E-state index in [1.165, 1.54) is 47.7 Å². The van der Waals surface area contributed by atoms with Crippen LogP contribution >= 0.6 is 11.3 Å². The summed E-state index contributed by atoms with van der Waals surface area (Å²) in [5.74, 6) is -2.01. The normalized spacial score (nSPS) is 12.4. The Morgan fingerprint density at radius 2 is 1.89 bits per heavy atom. The van der Waals surface area contributed by atoms with E-state index in [1.807, 2.05) is 6.92 Å². The molecule has 0 fully saturated rings. The van der Waals surface area contributed by atoms with Gasteiger partial charge in [-0.3, -0.25) is 0 Å². The molecule has 1 aromatic heterocycles. The fourth-order valence-electron chi connectivity index (χ4n) is 3.26. The zero-order valence-corrected chi connectivity index (χ0v) is 19.7. The van der Waals surface area contributed by atoms with Crippen LogP contribution in [0.4, 0.5) is 17.6 Å². The minimum absolute atomic E-state index is 0.0322. The molecular weight excluding hydrogens is 490 g/mol. The van der Waals surface area contributed by atoms with Crippen LogP contribution in [-0.4, -0.2) is 41.7 Å². The second-order valence-electron chi connectivity index (χ2n) is 7.44. The minimum atomic E-state index is -4.75. The van der Waals surface area contributed by atoms with E-state index in [9.17, 15) is 22.4 Å². The van der Waals surface area contributed by atoms with Crippen LogP contribution in [-0.2, 0) is 22.4 Å². The number of carboxylic acids is 1. The van der Waals surface area contributed by atoms with Crippen molar-refractivity contribution in [1.29, 1.82) is 0 Å². The third-order valence-electron chi connectivity index (χ3n) is 4.88. The van der Waals surface area contributed by atoms with Crippen molar-refractivity contribution < 1.29 is 41.7 Å². The van der Waals surface area contributed by atoms with Crippen LogP contribution in [0.25, 0.3) is 10.6 Å². The first-order chi connectivity index (χ1) is 16.6. The molecule has 1 heterocycles. The van der Waals surface area contributed by atoms with E-state index in [4.69, 9.17) is 14.6 Å². The van der Waals surface area contributed by atoms with E-state index in [2.05, 4.69) is 9.72 Å². The molecule has 0 saturated heterocycles. The molecule has 1 unspecified atom stereocenters. The van der Waals surface area contributed by atoms with E-state index in [0.29, 0.717) is 22.6 Å². The van der Waals surface area contributed by atoms with Crippen molar-refractivity contribution in [3.63, 3.8) is 0 Å². The molecule has 0 amide bonds. The summed E-state index contributed by atoms with van der Waals surface area (Å²) in [6.07, 6.45) is -5.38. The quantitative estimate of drug-likeness (QED) is 0.326.